The standard InChI is InChI=1S/C9H17NO/c1-5-8-9(4,7(2)3)10-6-11-8/h6-8H,5H2,1-4H3/t8?,9-/m0/s1. The molecule has 0 radical (unpaired) electrons. The van der Waals surface area contributed by atoms with Crippen molar-refractivity contribution in [3.63, 3.8) is 0 Å². The first-order chi connectivity index (χ1) is 5.11. The van der Waals surface area contributed by atoms with Gasteiger partial charge in [-0.3, -0.25) is 0 Å². The Morgan fingerprint density at radius 3 is 2.64 bits per heavy atom. The lowest BCUT2D eigenvalue weighted by molar-refractivity contribution is 0.116. The van der Waals surface area contributed by atoms with Crippen molar-refractivity contribution in [2.75, 3.05) is 0 Å². The van der Waals surface area contributed by atoms with Crippen LogP contribution < -0.4 is 0 Å². The van der Waals surface area contributed by atoms with Gasteiger partial charge in [-0.2, -0.15) is 0 Å². The molecule has 0 saturated heterocycles. The molecule has 2 heteroatoms. The van der Waals surface area contributed by atoms with Crippen LogP contribution in [0, 0.1) is 5.92 Å². The normalized spacial score (nSPS) is 36.3. The van der Waals surface area contributed by atoms with Gasteiger partial charge in [0.2, 0.25) is 0 Å². The van der Waals surface area contributed by atoms with Crippen LogP contribution in [0.4, 0.5) is 0 Å². The average molecular weight is 155 g/mol. The average Bonchev–Trinajstić information content (AvgIpc) is 2.32. The van der Waals surface area contributed by atoms with E-state index in [1.807, 2.05) is 0 Å². The zero-order valence-corrected chi connectivity index (χ0v) is 7.79. The number of aliphatic imine (C=N–C) groups is 1. The largest absolute Gasteiger partial charge is 0.478 e. The predicted octanol–water partition coefficient (Wildman–Crippen LogP) is 2.24. The second-order valence-corrected chi connectivity index (χ2v) is 3.65. The van der Waals surface area contributed by atoms with E-state index in [2.05, 4.69) is 32.7 Å². The molecule has 0 aromatic carbocycles. The maximum Gasteiger partial charge on any atom is 0.170 e. The highest BCUT2D eigenvalue weighted by Crippen LogP contribution is 2.32. The van der Waals surface area contributed by atoms with Gasteiger partial charge in [-0.15, -0.1) is 0 Å². The Hall–Kier alpha value is -0.530. The van der Waals surface area contributed by atoms with Crippen LogP contribution in [0.15, 0.2) is 4.99 Å². The zero-order chi connectivity index (χ0) is 8.48. The van der Waals surface area contributed by atoms with Crippen molar-refractivity contribution in [2.45, 2.75) is 45.8 Å². The molecular formula is C9H17NO. The summed E-state index contributed by atoms with van der Waals surface area (Å²) in [7, 11) is 0. The van der Waals surface area contributed by atoms with Gasteiger partial charge in [0, 0.05) is 0 Å². The number of ether oxygens (including phenoxy) is 1. The molecule has 1 aliphatic heterocycles. The van der Waals surface area contributed by atoms with Gasteiger partial charge in [-0.25, -0.2) is 4.99 Å². The van der Waals surface area contributed by atoms with E-state index in [1.54, 1.807) is 6.40 Å². The molecule has 2 atom stereocenters. The summed E-state index contributed by atoms with van der Waals surface area (Å²) in [6.45, 7) is 8.68. The minimum absolute atomic E-state index is 0.00868. The van der Waals surface area contributed by atoms with E-state index in [4.69, 9.17) is 4.74 Å². The molecule has 64 valence electrons. The Morgan fingerprint density at radius 1 is 1.64 bits per heavy atom. The van der Waals surface area contributed by atoms with E-state index in [0.717, 1.165) is 6.42 Å². The quantitative estimate of drug-likeness (QED) is 0.599. The first-order valence-electron chi connectivity index (χ1n) is 4.30. The first-order valence-corrected chi connectivity index (χ1v) is 4.30. The molecule has 11 heavy (non-hydrogen) atoms. The molecule has 1 heterocycles. The molecule has 0 aliphatic carbocycles. The molecule has 0 aromatic rings. The van der Waals surface area contributed by atoms with Gasteiger partial charge < -0.3 is 4.74 Å². The van der Waals surface area contributed by atoms with Crippen LogP contribution in [0.5, 0.6) is 0 Å². The predicted molar refractivity (Wildman–Crippen MR) is 46.9 cm³/mol. The SMILES string of the molecule is CCC1OC=N[C@@]1(C)C(C)C. The highest BCUT2D eigenvalue weighted by molar-refractivity contribution is 5.51. The summed E-state index contributed by atoms with van der Waals surface area (Å²) in [5.74, 6) is 0.547. The first kappa shape index (κ1) is 8.57. The highest BCUT2D eigenvalue weighted by Gasteiger charge is 2.40. The smallest absolute Gasteiger partial charge is 0.170 e. The van der Waals surface area contributed by atoms with Crippen LogP contribution in [0.2, 0.25) is 0 Å². The summed E-state index contributed by atoms with van der Waals surface area (Å²) < 4.78 is 5.39. The van der Waals surface area contributed by atoms with Crippen molar-refractivity contribution < 1.29 is 4.74 Å². The van der Waals surface area contributed by atoms with Crippen molar-refractivity contribution in [2.24, 2.45) is 10.9 Å². The summed E-state index contributed by atoms with van der Waals surface area (Å²) >= 11 is 0. The molecule has 2 nitrogen and oxygen atoms in total. The topological polar surface area (TPSA) is 21.6 Å². The molecule has 1 aliphatic rings. The van der Waals surface area contributed by atoms with Gasteiger partial charge in [-0.05, 0) is 19.3 Å². The molecule has 0 aromatic heterocycles. The molecule has 0 amide bonds. The third-order valence-corrected chi connectivity index (χ3v) is 2.75. The van der Waals surface area contributed by atoms with Crippen LogP contribution in [0.25, 0.3) is 0 Å². The van der Waals surface area contributed by atoms with Crippen molar-refractivity contribution in [3.8, 4) is 0 Å². The summed E-state index contributed by atoms with van der Waals surface area (Å²) in [4.78, 5) is 4.37. The fourth-order valence-electron chi connectivity index (χ4n) is 1.47. The van der Waals surface area contributed by atoms with Crippen molar-refractivity contribution in [3.05, 3.63) is 0 Å². The second-order valence-electron chi connectivity index (χ2n) is 3.65. The molecule has 1 unspecified atom stereocenters. The van der Waals surface area contributed by atoms with E-state index in [1.165, 1.54) is 0 Å². The maximum absolute atomic E-state index is 5.39. The fourth-order valence-corrected chi connectivity index (χ4v) is 1.47. The van der Waals surface area contributed by atoms with E-state index in [-0.39, 0.29) is 11.6 Å². The summed E-state index contributed by atoms with van der Waals surface area (Å²) in [5.41, 5.74) is 0.00868. The molecule has 1 rings (SSSR count). The van der Waals surface area contributed by atoms with Gasteiger partial charge in [0.25, 0.3) is 0 Å². The molecule has 0 spiro atoms. The lowest BCUT2D eigenvalue weighted by Crippen LogP contribution is -2.39. The Kier molecular flexibility index (Phi) is 2.21. The summed E-state index contributed by atoms with van der Waals surface area (Å²) in [6.07, 6.45) is 2.92. The number of nitrogens with zero attached hydrogens (tertiary/aromatic N) is 1. The van der Waals surface area contributed by atoms with E-state index >= 15 is 0 Å². The lowest BCUT2D eigenvalue weighted by atomic mass is 9.83. The van der Waals surface area contributed by atoms with Crippen LogP contribution in [-0.2, 0) is 4.74 Å². The van der Waals surface area contributed by atoms with Crippen LogP contribution in [0.1, 0.15) is 34.1 Å². The van der Waals surface area contributed by atoms with Crippen molar-refractivity contribution in [1.82, 2.24) is 0 Å². The van der Waals surface area contributed by atoms with E-state index < -0.39 is 0 Å². The maximum atomic E-state index is 5.39. The molecule has 0 fully saturated rings. The van der Waals surface area contributed by atoms with Crippen LogP contribution >= 0.6 is 0 Å². The molecule has 0 saturated carbocycles. The third-order valence-electron chi connectivity index (χ3n) is 2.75. The second kappa shape index (κ2) is 2.84. The fraction of sp³-hybridized carbons (Fsp3) is 0.889. The van der Waals surface area contributed by atoms with Crippen LogP contribution in [-0.4, -0.2) is 18.0 Å². The summed E-state index contributed by atoms with van der Waals surface area (Å²) in [5, 5.41) is 0. The molecular weight excluding hydrogens is 138 g/mol. The Morgan fingerprint density at radius 2 is 2.27 bits per heavy atom. The van der Waals surface area contributed by atoms with Gasteiger partial charge in [0.05, 0.1) is 0 Å². The minimum Gasteiger partial charge on any atom is -0.478 e. The lowest BCUT2D eigenvalue weighted by Gasteiger charge is -2.30. The van der Waals surface area contributed by atoms with Gasteiger partial charge >= 0.3 is 0 Å². The third kappa shape index (κ3) is 1.26. The van der Waals surface area contributed by atoms with Crippen LogP contribution in [0.3, 0.4) is 0 Å². The Bertz CT molecular complexity index is 165. The summed E-state index contributed by atoms with van der Waals surface area (Å²) in [6, 6.07) is 0. The number of hydrogen-bond acceptors (Lipinski definition) is 2. The monoisotopic (exact) mass is 155 g/mol. The van der Waals surface area contributed by atoms with Crippen molar-refractivity contribution in [1.29, 1.82) is 0 Å². The van der Waals surface area contributed by atoms with Gasteiger partial charge in [0.1, 0.15) is 11.6 Å². The van der Waals surface area contributed by atoms with Gasteiger partial charge in [0.15, 0.2) is 6.40 Å². The Labute approximate surface area is 68.7 Å². The minimum atomic E-state index is 0.00868. The van der Waals surface area contributed by atoms with Crippen molar-refractivity contribution >= 4 is 6.40 Å². The number of rotatable bonds is 2. The zero-order valence-electron chi connectivity index (χ0n) is 7.79. The number of hydrogen-bond donors (Lipinski definition) is 0. The molecule has 0 N–H and O–H groups in total. The Balaban J connectivity index is 2.74. The highest BCUT2D eigenvalue weighted by atomic mass is 16.5. The van der Waals surface area contributed by atoms with Gasteiger partial charge in [-0.1, -0.05) is 20.8 Å². The van der Waals surface area contributed by atoms with E-state index in [9.17, 15) is 0 Å². The van der Waals surface area contributed by atoms with E-state index in [0.29, 0.717) is 5.92 Å². The molecule has 0 bridgehead atoms.